The van der Waals surface area contributed by atoms with Crippen molar-refractivity contribution in [2.75, 3.05) is 27.2 Å². The highest BCUT2D eigenvalue weighted by Crippen LogP contribution is 2.00. The molecule has 0 fully saturated rings. The number of benzene rings is 1. The fourth-order valence-corrected chi connectivity index (χ4v) is 1.92. The molecule has 0 bridgehead atoms. The highest BCUT2D eigenvalue weighted by atomic mass is 16.2. The quantitative estimate of drug-likeness (QED) is 0.745. The molecule has 116 valence electrons. The molecule has 0 heterocycles. The molecule has 1 aromatic rings. The predicted molar refractivity (Wildman–Crippen MR) is 83.9 cm³/mol. The van der Waals surface area contributed by atoms with Crippen molar-refractivity contribution in [1.29, 1.82) is 0 Å². The molecule has 0 saturated carbocycles. The third-order valence-electron chi connectivity index (χ3n) is 3.57. The molecule has 1 rings (SSSR count). The van der Waals surface area contributed by atoms with Crippen LogP contribution in [-0.4, -0.2) is 49.9 Å². The standard InChI is InChI=1S/C16H25N3O2/c1-13(19(3)12-10-15(20)17-2)16(21)18-11-9-14-7-5-4-6-8-14/h4-8,13H,9-12H2,1-3H3,(H,17,20)(H,18,21)/t13-/m0/s1. The number of carbonyl (C=O) groups excluding carboxylic acids is 2. The first-order chi connectivity index (χ1) is 10.0. The number of carbonyl (C=O) groups is 2. The smallest absolute Gasteiger partial charge is 0.237 e. The number of amides is 2. The first kappa shape index (κ1) is 17.2. The zero-order valence-electron chi connectivity index (χ0n) is 13.1. The summed E-state index contributed by atoms with van der Waals surface area (Å²) in [5.41, 5.74) is 1.21. The maximum Gasteiger partial charge on any atom is 0.237 e. The summed E-state index contributed by atoms with van der Waals surface area (Å²) in [6.07, 6.45) is 1.22. The number of nitrogens with zero attached hydrogens (tertiary/aromatic N) is 1. The lowest BCUT2D eigenvalue weighted by atomic mass is 10.1. The van der Waals surface area contributed by atoms with Gasteiger partial charge in [-0.2, -0.15) is 0 Å². The number of nitrogens with one attached hydrogen (secondary N) is 2. The summed E-state index contributed by atoms with van der Waals surface area (Å²) < 4.78 is 0. The Labute approximate surface area is 126 Å². The Morgan fingerprint density at radius 3 is 2.52 bits per heavy atom. The van der Waals surface area contributed by atoms with E-state index >= 15 is 0 Å². The van der Waals surface area contributed by atoms with Crippen LogP contribution in [-0.2, 0) is 16.0 Å². The number of rotatable bonds is 8. The third-order valence-corrected chi connectivity index (χ3v) is 3.57. The SMILES string of the molecule is CNC(=O)CCN(C)[C@@H](C)C(=O)NCCc1ccccc1. The molecule has 0 radical (unpaired) electrons. The molecule has 0 spiro atoms. The Morgan fingerprint density at radius 2 is 1.90 bits per heavy atom. The summed E-state index contributed by atoms with van der Waals surface area (Å²) in [5.74, 6) is -0.0242. The summed E-state index contributed by atoms with van der Waals surface area (Å²) in [4.78, 5) is 25.1. The van der Waals surface area contributed by atoms with E-state index in [4.69, 9.17) is 0 Å². The predicted octanol–water partition coefficient (Wildman–Crippen LogP) is 0.802. The molecule has 0 aromatic heterocycles. The lowest BCUT2D eigenvalue weighted by molar-refractivity contribution is -0.126. The fourth-order valence-electron chi connectivity index (χ4n) is 1.92. The van der Waals surface area contributed by atoms with Crippen LogP contribution in [0.15, 0.2) is 30.3 Å². The molecule has 5 nitrogen and oxygen atoms in total. The number of hydrogen-bond donors (Lipinski definition) is 2. The van der Waals surface area contributed by atoms with Crippen LogP contribution in [0.5, 0.6) is 0 Å². The van der Waals surface area contributed by atoms with Gasteiger partial charge in [0.15, 0.2) is 0 Å². The van der Waals surface area contributed by atoms with Gasteiger partial charge in [0.25, 0.3) is 0 Å². The van der Waals surface area contributed by atoms with E-state index in [1.54, 1.807) is 7.05 Å². The number of likely N-dealkylation sites (N-methyl/N-ethyl adjacent to an activating group) is 1. The van der Waals surface area contributed by atoms with E-state index < -0.39 is 0 Å². The molecule has 5 heteroatoms. The minimum atomic E-state index is -0.245. The van der Waals surface area contributed by atoms with Gasteiger partial charge in [0.1, 0.15) is 0 Å². The molecule has 1 aromatic carbocycles. The van der Waals surface area contributed by atoms with Gasteiger partial charge in [-0.1, -0.05) is 30.3 Å². The van der Waals surface area contributed by atoms with E-state index in [1.165, 1.54) is 5.56 Å². The maximum absolute atomic E-state index is 12.0. The van der Waals surface area contributed by atoms with Gasteiger partial charge in [-0.15, -0.1) is 0 Å². The molecule has 0 aliphatic heterocycles. The van der Waals surface area contributed by atoms with Gasteiger partial charge < -0.3 is 10.6 Å². The van der Waals surface area contributed by atoms with Crippen molar-refractivity contribution < 1.29 is 9.59 Å². The van der Waals surface area contributed by atoms with Gasteiger partial charge in [0.05, 0.1) is 6.04 Å². The van der Waals surface area contributed by atoms with Crippen molar-refractivity contribution >= 4 is 11.8 Å². The van der Waals surface area contributed by atoms with E-state index in [9.17, 15) is 9.59 Å². The van der Waals surface area contributed by atoms with E-state index in [0.29, 0.717) is 19.5 Å². The van der Waals surface area contributed by atoms with Crippen molar-refractivity contribution in [2.45, 2.75) is 25.8 Å². The first-order valence-electron chi connectivity index (χ1n) is 7.27. The van der Waals surface area contributed by atoms with Gasteiger partial charge >= 0.3 is 0 Å². The van der Waals surface area contributed by atoms with E-state index in [1.807, 2.05) is 49.2 Å². The van der Waals surface area contributed by atoms with Crippen molar-refractivity contribution in [3.63, 3.8) is 0 Å². The molecular weight excluding hydrogens is 266 g/mol. The topological polar surface area (TPSA) is 61.4 Å². The van der Waals surface area contributed by atoms with Crippen LogP contribution in [0.3, 0.4) is 0 Å². The molecule has 0 aliphatic carbocycles. The van der Waals surface area contributed by atoms with Gasteiger partial charge in [-0.3, -0.25) is 14.5 Å². The first-order valence-corrected chi connectivity index (χ1v) is 7.27. The number of hydrogen-bond acceptors (Lipinski definition) is 3. The molecule has 0 unspecified atom stereocenters. The van der Waals surface area contributed by atoms with Crippen LogP contribution in [0.1, 0.15) is 18.9 Å². The van der Waals surface area contributed by atoms with Gasteiger partial charge in [0.2, 0.25) is 11.8 Å². The van der Waals surface area contributed by atoms with E-state index in [2.05, 4.69) is 10.6 Å². The molecule has 21 heavy (non-hydrogen) atoms. The Hall–Kier alpha value is -1.88. The fraction of sp³-hybridized carbons (Fsp3) is 0.500. The average Bonchev–Trinajstić information content (AvgIpc) is 2.52. The van der Waals surface area contributed by atoms with Crippen LogP contribution in [0.4, 0.5) is 0 Å². The highest BCUT2D eigenvalue weighted by molar-refractivity contribution is 5.81. The Balaban J connectivity index is 2.28. The van der Waals surface area contributed by atoms with Gasteiger partial charge in [-0.25, -0.2) is 0 Å². The van der Waals surface area contributed by atoms with E-state index in [0.717, 1.165) is 6.42 Å². The second-order valence-electron chi connectivity index (χ2n) is 5.11. The van der Waals surface area contributed by atoms with Crippen LogP contribution in [0, 0.1) is 0 Å². The lowest BCUT2D eigenvalue weighted by Gasteiger charge is -2.23. The normalized spacial score (nSPS) is 12.0. The van der Waals surface area contributed by atoms with Gasteiger partial charge in [0, 0.05) is 26.6 Å². The largest absolute Gasteiger partial charge is 0.359 e. The molecule has 0 aliphatic rings. The summed E-state index contributed by atoms with van der Waals surface area (Å²) in [5, 5.41) is 5.51. The van der Waals surface area contributed by atoms with Crippen molar-refractivity contribution in [2.24, 2.45) is 0 Å². The summed E-state index contributed by atoms with van der Waals surface area (Å²) in [7, 11) is 3.46. The zero-order valence-corrected chi connectivity index (χ0v) is 13.1. The Bertz CT molecular complexity index is 448. The van der Waals surface area contributed by atoms with Crippen molar-refractivity contribution in [3.05, 3.63) is 35.9 Å². The zero-order chi connectivity index (χ0) is 15.7. The van der Waals surface area contributed by atoms with Crippen LogP contribution in [0.2, 0.25) is 0 Å². The summed E-state index contributed by atoms with van der Waals surface area (Å²) >= 11 is 0. The monoisotopic (exact) mass is 291 g/mol. The van der Waals surface area contributed by atoms with Crippen LogP contribution < -0.4 is 10.6 Å². The Morgan fingerprint density at radius 1 is 1.24 bits per heavy atom. The molecule has 0 saturated heterocycles. The molecule has 2 N–H and O–H groups in total. The van der Waals surface area contributed by atoms with Gasteiger partial charge in [-0.05, 0) is 26.0 Å². The van der Waals surface area contributed by atoms with E-state index in [-0.39, 0.29) is 17.9 Å². The lowest BCUT2D eigenvalue weighted by Crippen LogP contribution is -2.44. The molecule has 2 amide bonds. The minimum absolute atomic E-state index is 0.00895. The minimum Gasteiger partial charge on any atom is -0.359 e. The highest BCUT2D eigenvalue weighted by Gasteiger charge is 2.17. The van der Waals surface area contributed by atoms with Crippen LogP contribution in [0.25, 0.3) is 0 Å². The second kappa shape index (κ2) is 9.13. The van der Waals surface area contributed by atoms with Crippen molar-refractivity contribution in [3.8, 4) is 0 Å². The molecule has 1 atom stereocenters. The summed E-state index contributed by atoms with van der Waals surface area (Å²) in [6.45, 7) is 3.03. The second-order valence-corrected chi connectivity index (χ2v) is 5.11. The maximum atomic E-state index is 12.0. The van der Waals surface area contributed by atoms with Crippen molar-refractivity contribution in [1.82, 2.24) is 15.5 Å². The summed E-state index contributed by atoms with van der Waals surface area (Å²) in [6, 6.07) is 9.81. The van der Waals surface area contributed by atoms with Crippen LogP contribution >= 0.6 is 0 Å². The average molecular weight is 291 g/mol. The Kier molecular flexibility index (Phi) is 7.46. The molecular formula is C16H25N3O2. The third kappa shape index (κ3) is 6.40.